The van der Waals surface area contributed by atoms with Gasteiger partial charge in [-0.25, -0.2) is 4.39 Å². The Bertz CT molecular complexity index is 1040. The summed E-state index contributed by atoms with van der Waals surface area (Å²) in [5.74, 6) is -4.08. The van der Waals surface area contributed by atoms with Crippen LogP contribution in [0.2, 0.25) is 0 Å². The molecule has 0 saturated carbocycles. The average molecular weight is 426 g/mol. The summed E-state index contributed by atoms with van der Waals surface area (Å²) in [5.41, 5.74) is -0.702. The van der Waals surface area contributed by atoms with Gasteiger partial charge in [0.15, 0.2) is 0 Å². The molecule has 162 valence electrons. The number of nitrogens with one attached hydrogen (secondary N) is 1. The highest BCUT2D eigenvalue weighted by Gasteiger charge is 2.68. The molecular formula is C23H23FN2O5. The van der Waals surface area contributed by atoms with Gasteiger partial charge in [0.05, 0.1) is 18.9 Å². The van der Waals surface area contributed by atoms with Crippen molar-refractivity contribution in [1.82, 2.24) is 10.2 Å². The van der Waals surface area contributed by atoms with Gasteiger partial charge in [-0.3, -0.25) is 24.6 Å². The zero-order chi connectivity index (χ0) is 22.3. The van der Waals surface area contributed by atoms with Crippen LogP contribution in [0.1, 0.15) is 24.1 Å². The fourth-order valence-corrected chi connectivity index (χ4v) is 4.91. The Hall–Kier alpha value is -3.26. The molecule has 0 spiro atoms. The summed E-state index contributed by atoms with van der Waals surface area (Å²) < 4.78 is 19.8. The molecule has 0 aliphatic carbocycles. The summed E-state index contributed by atoms with van der Waals surface area (Å²) in [6.45, 7) is 1.84. The predicted molar refractivity (Wildman–Crippen MR) is 108 cm³/mol. The highest BCUT2D eigenvalue weighted by atomic mass is 19.1. The van der Waals surface area contributed by atoms with E-state index >= 15 is 0 Å². The number of hydrogen-bond acceptors (Lipinski definition) is 6. The molecule has 2 fully saturated rings. The molecule has 0 radical (unpaired) electrons. The molecule has 0 bridgehead atoms. The topological polar surface area (TPSA) is 95.9 Å². The van der Waals surface area contributed by atoms with Crippen molar-refractivity contribution in [3.05, 3.63) is 65.5 Å². The molecule has 2 aromatic carbocycles. The van der Waals surface area contributed by atoms with Gasteiger partial charge in [0.2, 0.25) is 11.8 Å². The number of carbonyl (C=O) groups is 3. The van der Waals surface area contributed by atoms with Gasteiger partial charge in [0.1, 0.15) is 17.1 Å². The number of nitrogens with zero attached hydrogens (tertiary/aromatic N) is 1. The third-order valence-electron chi connectivity index (χ3n) is 6.27. The maximum Gasteiger partial charge on any atom is 0.327 e. The minimum Gasteiger partial charge on any atom is -0.508 e. The zero-order valence-electron chi connectivity index (χ0n) is 17.2. The Balaban J connectivity index is 1.88. The van der Waals surface area contributed by atoms with Crippen molar-refractivity contribution in [1.29, 1.82) is 0 Å². The second kappa shape index (κ2) is 7.77. The molecule has 2 aliphatic heterocycles. The van der Waals surface area contributed by atoms with Crippen molar-refractivity contribution < 1.29 is 28.6 Å². The van der Waals surface area contributed by atoms with Crippen LogP contribution in [-0.2, 0) is 25.5 Å². The number of benzene rings is 2. The summed E-state index contributed by atoms with van der Waals surface area (Å²) in [4.78, 5) is 40.7. The summed E-state index contributed by atoms with van der Waals surface area (Å²) in [6.07, 6.45) is 0.0304. The van der Waals surface area contributed by atoms with Gasteiger partial charge >= 0.3 is 5.97 Å². The van der Waals surface area contributed by atoms with Crippen molar-refractivity contribution in [2.75, 3.05) is 13.7 Å². The minimum atomic E-state index is -1.57. The van der Waals surface area contributed by atoms with E-state index in [0.29, 0.717) is 5.56 Å². The van der Waals surface area contributed by atoms with Crippen LogP contribution in [0, 0.1) is 17.7 Å². The Kier molecular flexibility index (Phi) is 5.26. The molecule has 2 saturated heterocycles. The maximum atomic E-state index is 14.7. The van der Waals surface area contributed by atoms with E-state index in [1.54, 1.807) is 31.2 Å². The number of amides is 2. The lowest BCUT2D eigenvalue weighted by Crippen LogP contribution is -2.57. The van der Waals surface area contributed by atoms with Gasteiger partial charge in [0.25, 0.3) is 0 Å². The number of likely N-dealkylation sites (tertiary alicyclic amines) is 1. The number of methoxy groups -OCH3 is 1. The first-order chi connectivity index (χ1) is 14.8. The third kappa shape index (κ3) is 3.18. The van der Waals surface area contributed by atoms with Crippen molar-refractivity contribution in [3.8, 4) is 5.75 Å². The number of halogens is 1. The van der Waals surface area contributed by atoms with Crippen LogP contribution in [-0.4, -0.2) is 47.0 Å². The largest absolute Gasteiger partial charge is 0.508 e. The number of hydrogen-bond donors (Lipinski definition) is 2. The Morgan fingerprint density at radius 1 is 1.16 bits per heavy atom. The maximum absolute atomic E-state index is 14.7. The second-order valence-electron chi connectivity index (χ2n) is 7.87. The Morgan fingerprint density at radius 2 is 1.84 bits per heavy atom. The Labute approximate surface area is 178 Å². The molecular weight excluding hydrogens is 403 g/mol. The van der Waals surface area contributed by atoms with E-state index in [4.69, 9.17) is 4.74 Å². The van der Waals surface area contributed by atoms with Crippen LogP contribution < -0.4 is 5.32 Å². The van der Waals surface area contributed by atoms with Crippen LogP contribution in [0.4, 0.5) is 4.39 Å². The molecule has 4 atom stereocenters. The first-order valence-electron chi connectivity index (χ1n) is 10.1. The zero-order valence-corrected chi connectivity index (χ0v) is 17.2. The summed E-state index contributed by atoms with van der Waals surface area (Å²) in [6, 6.07) is 11.3. The van der Waals surface area contributed by atoms with Crippen LogP contribution in [0.25, 0.3) is 0 Å². The smallest absolute Gasteiger partial charge is 0.327 e. The number of carbonyl (C=O) groups excluding carboxylic acids is 3. The van der Waals surface area contributed by atoms with E-state index in [0.717, 1.165) is 4.90 Å². The van der Waals surface area contributed by atoms with E-state index < -0.39 is 47.0 Å². The molecule has 7 nitrogen and oxygen atoms in total. The van der Waals surface area contributed by atoms with Gasteiger partial charge in [0, 0.05) is 24.6 Å². The number of fused-ring (bicyclic) bond motifs is 1. The SMILES string of the molecule is CCN1C(=O)[C@@H]2[C@H](c3ccccc3F)N[C@@](Cc3ccc(O)cc3)(C(=O)OC)[C@H]2C1=O. The average Bonchev–Trinajstić information content (AvgIpc) is 3.23. The number of phenols is 1. The van der Waals surface area contributed by atoms with Crippen LogP contribution in [0.5, 0.6) is 5.75 Å². The van der Waals surface area contributed by atoms with E-state index in [9.17, 15) is 23.9 Å². The van der Waals surface area contributed by atoms with E-state index in [1.165, 1.54) is 31.4 Å². The molecule has 31 heavy (non-hydrogen) atoms. The van der Waals surface area contributed by atoms with Crippen LogP contribution in [0.15, 0.2) is 48.5 Å². The third-order valence-corrected chi connectivity index (χ3v) is 6.27. The molecule has 2 aliphatic rings. The fourth-order valence-electron chi connectivity index (χ4n) is 4.91. The number of phenolic OH excluding ortho intramolecular Hbond substituents is 1. The Morgan fingerprint density at radius 3 is 2.45 bits per heavy atom. The lowest BCUT2D eigenvalue weighted by molar-refractivity contribution is -0.154. The van der Waals surface area contributed by atoms with E-state index in [-0.39, 0.29) is 24.3 Å². The van der Waals surface area contributed by atoms with Gasteiger partial charge < -0.3 is 9.84 Å². The van der Waals surface area contributed by atoms with Crippen LogP contribution >= 0.6 is 0 Å². The molecule has 0 unspecified atom stereocenters. The highest BCUT2D eigenvalue weighted by Crippen LogP contribution is 2.50. The quantitative estimate of drug-likeness (QED) is 0.561. The minimum absolute atomic E-state index is 0.0304. The molecule has 2 heterocycles. The molecule has 2 amide bonds. The molecule has 2 aromatic rings. The van der Waals surface area contributed by atoms with Gasteiger partial charge in [-0.1, -0.05) is 30.3 Å². The van der Waals surface area contributed by atoms with Crippen molar-refractivity contribution in [2.24, 2.45) is 11.8 Å². The fraction of sp³-hybridized carbons (Fsp3) is 0.348. The molecule has 2 N–H and O–H groups in total. The van der Waals surface area contributed by atoms with Crippen LogP contribution in [0.3, 0.4) is 0 Å². The molecule has 0 aromatic heterocycles. The first-order valence-corrected chi connectivity index (χ1v) is 10.1. The van der Waals surface area contributed by atoms with E-state index in [2.05, 4.69) is 5.32 Å². The normalized spacial score (nSPS) is 27.5. The predicted octanol–water partition coefficient (Wildman–Crippen LogP) is 1.95. The lowest BCUT2D eigenvalue weighted by Gasteiger charge is -2.32. The summed E-state index contributed by atoms with van der Waals surface area (Å²) in [7, 11) is 1.22. The molecule has 4 rings (SSSR count). The number of rotatable bonds is 5. The van der Waals surface area contributed by atoms with E-state index in [1.807, 2.05) is 0 Å². The second-order valence-corrected chi connectivity index (χ2v) is 7.87. The van der Waals surface area contributed by atoms with Crippen molar-refractivity contribution in [2.45, 2.75) is 24.9 Å². The van der Waals surface area contributed by atoms with Crippen molar-refractivity contribution in [3.63, 3.8) is 0 Å². The summed E-state index contributed by atoms with van der Waals surface area (Å²) in [5, 5.41) is 12.7. The molecule has 8 heteroatoms. The van der Waals surface area contributed by atoms with Gasteiger partial charge in [-0.05, 0) is 30.7 Å². The van der Waals surface area contributed by atoms with Gasteiger partial charge in [-0.15, -0.1) is 0 Å². The van der Waals surface area contributed by atoms with Crippen molar-refractivity contribution >= 4 is 17.8 Å². The number of ether oxygens (including phenoxy) is 1. The first kappa shape index (κ1) is 21.0. The number of esters is 1. The highest BCUT2D eigenvalue weighted by molar-refractivity contribution is 6.09. The number of imide groups is 1. The number of aromatic hydroxyl groups is 1. The monoisotopic (exact) mass is 426 g/mol. The van der Waals surface area contributed by atoms with Gasteiger partial charge in [-0.2, -0.15) is 0 Å². The standard InChI is InChI=1S/C23H23FN2O5/c1-3-26-20(28)17-18(21(26)29)23(22(30)31-2,12-13-8-10-14(27)11-9-13)25-19(17)15-6-4-5-7-16(15)24/h4-11,17-19,25,27H,3,12H2,1-2H3/t17-,18+,19-,23+/m0/s1. The lowest BCUT2D eigenvalue weighted by atomic mass is 9.76. The summed E-state index contributed by atoms with van der Waals surface area (Å²) >= 11 is 0.